The Hall–Kier alpha value is -2.03. The third kappa shape index (κ3) is 6.48. The van der Waals surface area contributed by atoms with E-state index < -0.39 is 12.1 Å². The van der Waals surface area contributed by atoms with Gasteiger partial charge in [0.05, 0.1) is 26.4 Å². The van der Waals surface area contributed by atoms with Gasteiger partial charge in [-0.15, -0.1) is 0 Å². The van der Waals surface area contributed by atoms with E-state index in [1.165, 1.54) is 13.2 Å². The highest BCUT2D eigenvalue weighted by molar-refractivity contribution is 6.31. The van der Waals surface area contributed by atoms with Gasteiger partial charge in [0.2, 0.25) is 0 Å². The van der Waals surface area contributed by atoms with E-state index in [1.807, 2.05) is 23.1 Å². The van der Waals surface area contributed by atoms with Crippen molar-refractivity contribution in [2.75, 3.05) is 46.4 Å². The number of methoxy groups -OCH3 is 1. The molecule has 1 saturated heterocycles. The molecule has 0 amide bonds. The molecule has 3 rings (SSSR count). The van der Waals surface area contributed by atoms with E-state index in [1.54, 1.807) is 24.3 Å². The molecule has 2 atom stereocenters. The van der Waals surface area contributed by atoms with Gasteiger partial charge in [0, 0.05) is 43.3 Å². The van der Waals surface area contributed by atoms with Crippen LogP contribution in [0.5, 0.6) is 0 Å². The lowest BCUT2D eigenvalue weighted by Crippen LogP contribution is -2.51. The van der Waals surface area contributed by atoms with Gasteiger partial charge in [-0.2, -0.15) is 0 Å². The maximum atomic E-state index is 13.6. The summed E-state index contributed by atoms with van der Waals surface area (Å²) in [4.78, 5) is 16.6. The second kappa shape index (κ2) is 11.5. The van der Waals surface area contributed by atoms with E-state index in [0.29, 0.717) is 43.3 Å². The smallest absolute Gasteiger partial charge is 0.327 e. The van der Waals surface area contributed by atoms with E-state index >= 15 is 0 Å². The lowest BCUT2D eigenvalue weighted by molar-refractivity contribution is -0.148. The van der Waals surface area contributed by atoms with Crippen LogP contribution in [0.2, 0.25) is 5.02 Å². The van der Waals surface area contributed by atoms with Crippen molar-refractivity contribution in [3.63, 3.8) is 0 Å². The summed E-state index contributed by atoms with van der Waals surface area (Å²) < 4.78 is 24.1. The number of carbonyl (C=O) groups excluding carboxylic acids is 1. The first-order chi connectivity index (χ1) is 15.0. The second-order valence-corrected chi connectivity index (χ2v) is 7.95. The zero-order valence-electron chi connectivity index (χ0n) is 17.5. The number of esters is 1. The molecule has 0 saturated carbocycles. The normalized spacial score (nSPS) is 17.3. The lowest BCUT2D eigenvalue weighted by Gasteiger charge is -2.39. The molecule has 2 unspecified atom stereocenters. The monoisotopic (exact) mass is 450 g/mol. The molecule has 168 valence electrons. The molecule has 2 aromatic carbocycles. The molecule has 0 aliphatic carbocycles. The first-order valence-electron chi connectivity index (χ1n) is 10.3. The molecule has 0 bridgehead atoms. The Morgan fingerprint density at radius 3 is 2.48 bits per heavy atom. The highest BCUT2D eigenvalue weighted by atomic mass is 35.5. The Bertz CT molecular complexity index is 861. The van der Waals surface area contributed by atoms with Crippen molar-refractivity contribution in [2.24, 2.45) is 0 Å². The van der Waals surface area contributed by atoms with E-state index in [0.717, 1.165) is 5.56 Å². The van der Waals surface area contributed by atoms with Crippen LogP contribution in [-0.2, 0) is 20.9 Å². The van der Waals surface area contributed by atoms with E-state index in [-0.39, 0.29) is 25.0 Å². The molecular formula is C23H28ClFN2O4. The summed E-state index contributed by atoms with van der Waals surface area (Å²) in [7, 11) is 1.38. The Balaban J connectivity index is 1.48. The minimum atomic E-state index is -0.682. The molecule has 0 aromatic heterocycles. The zero-order valence-corrected chi connectivity index (χ0v) is 18.3. The highest BCUT2D eigenvalue weighted by Gasteiger charge is 2.32. The molecule has 1 fully saturated rings. The predicted molar refractivity (Wildman–Crippen MR) is 116 cm³/mol. The van der Waals surface area contributed by atoms with Crippen LogP contribution in [0.1, 0.15) is 17.2 Å². The number of halogens is 2. The number of aliphatic hydroxyl groups excluding tert-OH is 1. The van der Waals surface area contributed by atoms with Crippen LogP contribution in [-0.4, -0.2) is 73.4 Å². The Morgan fingerprint density at radius 2 is 1.81 bits per heavy atom. The number of nitrogens with zero attached hydrogens (tertiary/aromatic N) is 2. The molecule has 1 aliphatic rings. The van der Waals surface area contributed by atoms with E-state index in [9.17, 15) is 14.3 Å². The number of hydrogen-bond acceptors (Lipinski definition) is 6. The minimum absolute atomic E-state index is 0.121. The summed E-state index contributed by atoms with van der Waals surface area (Å²) in [6.07, 6.45) is -0.682. The number of aliphatic hydroxyl groups is 1. The van der Waals surface area contributed by atoms with Crippen molar-refractivity contribution in [3.8, 4) is 0 Å². The summed E-state index contributed by atoms with van der Waals surface area (Å²) in [6, 6.07) is 13.2. The fraction of sp³-hybridized carbons (Fsp3) is 0.435. The van der Waals surface area contributed by atoms with E-state index in [4.69, 9.17) is 21.1 Å². The van der Waals surface area contributed by atoms with Crippen LogP contribution in [0.25, 0.3) is 0 Å². The summed E-state index contributed by atoms with van der Waals surface area (Å²) in [5.41, 5.74) is 1.20. The molecule has 1 heterocycles. The van der Waals surface area contributed by atoms with Gasteiger partial charge in [-0.25, -0.2) is 9.18 Å². The number of piperazine rings is 1. The zero-order chi connectivity index (χ0) is 22.2. The van der Waals surface area contributed by atoms with Gasteiger partial charge in [-0.1, -0.05) is 48.0 Å². The first kappa shape index (κ1) is 23.6. The third-order valence-electron chi connectivity index (χ3n) is 5.39. The summed E-state index contributed by atoms with van der Waals surface area (Å²) >= 11 is 6.32. The molecule has 6 nitrogen and oxygen atoms in total. The summed E-state index contributed by atoms with van der Waals surface area (Å²) in [6.45, 7) is 3.32. The molecule has 31 heavy (non-hydrogen) atoms. The van der Waals surface area contributed by atoms with Crippen molar-refractivity contribution < 1.29 is 23.8 Å². The molecule has 1 aliphatic heterocycles. The van der Waals surface area contributed by atoms with Gasteiger partial charge in [-0.05, 0) is 17.7 Å². The van der Waals surface area contributed by atoms with Crippen molar-refractivity contribution in [1.29, 1.82) is 0 Å². The van der Waals surface area contributed by atoms with Gasteiger partial charge in [0.1, 0.15) is 11.9 Å². The van der Waals surface area contributed by atoms with Gasteiger partial charge in [-0.3, -0.25) is 9.80 Å². The van der Waals surface area contributed by atoms with Crippen molar-refractivity contribution in [2.45, 2.75) is 18.8 Å². The molecule has 2 aromatic rings. The average molecular weight is 451 g/mol. The first-order valence-corrected chi connectivity index (χ1v) is 10.6. The number of β-amino-alcohol motifs (C(OH)–C–C–N with tert-alkyl or cyclic N) is 1. The van der Waals surface area contributed by atoms with E-state index in [2.05, 4.69) is 4.90 Å². The molecule has 1 N–H and O–H groups in total. The summed E-state index contributed by atoms with van der Waals surface area (Å²) in [5, 5.41) is 10.8. The number of rotatable bonds is 9. The Kier molecular flexibility index (Phi) is 8.80. The van der Waals surface area contributed by atoms with Gasteiger partial charge in [0.15, 0.2) is 0 Å². The minimum Gasteiger partial charge on any atom is -0.468 e. The second-order valence-electron chi connectivity index (χ2n) is 7.54. The lowest BCUT2D eigenvalue weighted by atomic mass is 10.0. The third-order valence-corrected chi connectivity index (χ3v) is 5.74. The number of carbonyl (C=O) groups is 1. The predicted octanol–water partition coefficient (Wildman–Crippen LogP) is 2.89. The standard InChI is InChI=1S/C23H28ClFN2O4/c1-30-23(29)22(19-7-3-4-8-20(19)24)27-12-10-26(11-13-27)14-18(28)16-31-15-17-6-2-5-9-21(17)25/h2-9,18,22,28H,10-16H2,1H3. The quantitative estimate of drug-likeness (QED) is 0.593. The number of ether oxygens (including phenoxy) is 2. The van der Waals surface area contributed by atoms with Crippen molar-refractivity contribution >= 4 is 17.6 Å². The van der Waals surface area contributed by atoms with Crippen LogP contribution in [0.15, 0.2) is 48.5 Å². The Morgan fingerprint density at radius 1 is 1.13 bits per heavy atom. The molecule has 0 radical (unpaired) electrons. The van der Waals surface area contributed by atoms with Crippen molar-refractivity contribution in [3.05, 3.63) is 70.5 Å². The molecule has 8 heteroatoms. The van der Waals surface area contributed by atoms with Gasteiger partial charge < -0.3 is 14.6 Å². The van der Waals surface area contributed by atoms with Crippen molar-refractivity contribution in [1.82, 2.24) is 9.80 Å². The highest BCUT2D eigenvalue weighted by Crippen LogP contribution is 2.29. The number of hydrogen-bond donors (Lipinski definition) is 1. The fourth-order valence-corrected chi connectivity index (χ4v) is 4.00. The van der Waals surface area contributed by atoms with Crippen LogP contribution in [0, 0.1) is 5.82 Å². The molecule has 0 spiro atoms. The maximum Gasteiger partial charge on any atom is 0.327 e. The topological polar surface area (TPSA) is 62.2 Å². The summed E-state index contributed by atoms with van der Waals surface area (Å²) in [5.74, 6) is -0.657. The fourth-order valence-electron chi connectivity index (χ4n) is 3.76. The largest absolute Gasteiger partial charge is 0.468 e. The van der Waals surface area contributed by atoms with Crippen LogP contribution < -0.4 is 0 Å². The van der Waals surface area contributed by atoms with Crippen LogP contribution in [0.3, 0.4) is 0 Å². The average Bonchev–Trinajstić information content (AvgIpc) is 2.77. The van der Waals surface area contributed by atoms with Crippen LogP contribution in [0.4, 0.5) is 4.39 Å². The molecular weight excluding hydrogens is 423 g/mol. The SMILES string of the molecule is COC(=O)C(c1ccccc1Cl)N1CCN(CC(O)COCc2ccccc2F)CC1. The van der Waals surface area contributed by atoms with Gasteiger partial charge >= 0.3 is 5.97 Å². The number of benzene rings is 2. The Labute approximate surface area is 187 Å². The maximum absolute atomic E-state index is 13.6. The van der Waals surface area contributed by atoms with Crippen LogP contribution >= 0.6 is 11.6 Å². The van der Waals surface area contributed by atoms with Gasteiger partial charge in [0.25, 0.3) is 0 Å².